The molecule has 0 aromatic rings. The van der Waals surface area contributed by atoms with Crippen LogP contribution in [0.15, 0.2) is 0 Å². The van der Waals surface area contributed by atoms with Crippen LogP contribution in [0.25, 0.3) is 0 Å². The van der Waals surface area contributed by atoms with Crippen molar-refractivity contribution >= 4 is 60.4 Å². The van der Waals surface area contributed by atoms with Crippen molar-refractivity contribution < 1.29 is 49.1 Å². The molecule has 0 aliphatic carbocycles. The number of carbonyl (C=O) groups is 3. The van der Waals surface area contributed by atoms with E-state index < -0.39 is 52.9 Å². The maximum absolute atomic E-state index is 11.5. The molecule has 17 nitrogen and oxygen atoms in total. The highest BCUT2D eigenvalue weighted by Gasteiger charge is 2.27. The molecule has 3 aliphatic rings. The molecule has 5 N–H and O–H groups in total. The summed E-state index contributed by atoms with van der Waals surface area (Å²) in [5, 5.41) is 7.67. The van der Waals surface area contributed by atoms with Crippen molar-refractivity contribution in [2.75, 3.05) is 90.8 Å². The van der Waals surface area contributed by atoms with Crippen LogP contribution >= 0.6 is 12.4 Å². The van der Waals surface area contributed by atoms with Gasteiger partial charge in [-0.05, 0) is 119 Å². The first-order valence-corrected chi connectivity index (χ1v) is 24.3. The highest BCUT2D eigenvalue weighted by molar-refractivity contribution is 7.91. The molecule has 0 spiro atoms. The molecular weight excluding hydrogens is 800 g/mol. The Kier molecular flexibility index (Phi) is 26.4. The summed E-state index contributed by atoms with van der Waals surface area (Å²) in [5.41, 5.74) is 4.42. The number of hydrogen-bond donors (Lipinski definition) is 4. The van der Waals surface area contributed by atoms with Crippen molar-refractivity contribution in [2.24, 2.45) is 5.73 Å². The minimum atomic E-state index is -2.92. The third kappa shape index (κ3) is 29.1. The zero-order chi connectivity index (χ0) is 41.8. The molecule has 3 rings (SSSR count). The fourth-order valence-corrected chi connectivity index (χ4v) is 8.82. The molecule has 0 atom stereocenters. The minimum absolute atomic E-state index is 0. The Hall–Kier alpha value is -1.81. The fraction of sp³-hybridized carbons (Fsp3) is 0.912. The molecule has 0 saturated carbocycles. The van der Waals surface area contributed by atoms with Crippen molar-refractivity contribution in [3.63, 3.8) is 0 Å². The Morgan fingerprint density at radius 3 is 1.33 bits per heavy atom. The molecule has 2 amide bonds. The van der Waals surface area contributed by atoms with Gasteiger partial charge < -0.3 is 45.8 Å². The summed E-state index contributed by atoms with van der Waals surface area (Å²) in [6.07, 6.45) is 8.00. The molecule has 55 heavy (non-hydrogen) atoms. The van der Waals surface area contributed by atoms with Gasteiger partial charge in [0.25, 0.3) is 0 Å². The fourth-order valence-electron chi connectivity index (χ4n) is 5.60. The smallest absolute Gasteiger partial charge is 0.408 e. The van der Waals surface area contributed by atoms with Crippen LogP contribution in [0.1, 0.15) is 80.1 Å². The lowest BCUT2D eigenvalue weighted by Gasteiger charge is -2.31. The van der Waals surface area contributed by atoms with E-state index in [1.54, 1.807) is 20.8 Å². The van der Waals surface area contributed by atoms with Crippen LogP contribution in [0.2, 0.25) is 0 Å². The first-order chi connectivity index (χ1) is 24.7. The molecule has 3 aliphatic heterocycles. The number of likely N-dealkylation sites (tertiary alicyclic amines) is 2. The van der Waals surface area contributed by atoms with Gasteiger partial charge in [0.05, 0.1) is 22.3 Å². The van der Waals surface area contributed by atoms with Gasteiger partial charge in [-0.1, -0.05) is 0 Å². The second-order valence-electron chi connectivity index (χ2n) is 15.8. The van der Waals surface area contributed by atoms with Crippen molar-refractivity contribution in [3.05, 3.63) is 0 Å². The molecule has 0 aromatic heterocycles. The number of aldehydes is 1. The summed E-state index contributed by atoms with van der Waals surface area (Å²) in [6, 6.07) is 0. The number of nitrogens with one attached hydrogen (secondary N) is 3. The van der Waals surface area contributed by atoms with Crippen LogP contribution in [0.5, 0.6) is 0 Å². The van der Waals surface area contributed by atoms with E-state index in [0.717, 1.165) is 78.0 Å². The summed E-state index contributed by atoms with van der Waals surface area (Å²) in [5.74, 6) is 0. The molecule has 3 saturated heterocycles. The number of rotatable bonds is 10. The highest BCUT2D eigenvalue weighted by atomic mass is 35.5. The highest BCUT2D eigenvalue weighted by Crippen LogP contribution is 2.17. The van der Waals surface area contributed by atoms with Crippen molar-refractivity contribution in [1.29, 1.82) is 0 Å². The molecule has 0 unspecified atom stereocenters. The summed E-state index contributed by atoms with van der Waals surface area (Å²) < 4.78 is 77.2. The quantitative estimate of drug-likeness (QED) is 0.227. The maximum Gasteiger partial charge on any atom is 0.408 e. The van der Waals surface area contributed by atoms with Gasteiger partial charge in [-0.2, -0.15) is 0 Å². The van der Waals surface area contributed by atoms with Gasteiger partial charge in [0.1, 0.15) is 47.0 Å². The maximum atomic E-state index is 11.5. The van der Waals surface area contributed by atoms with Gasteiger partial charge in [0, 0.05) is 44.9 Å². The normalized spacial score (nSPS) is 18.3. The molecule has 0 radical (unpaired) electrons. The zero-order valence-corrected chi connectivity index (χ0v) is 37.7. The Balaban J connectivity index is 0. The molecular formula is C34H71ClN6O11S3. The first kappa shape index (κ1) is 55.3. The molecule has 328 valence electrons. The third-order valence-electron chi connectivity index (χ3n) is 8.44. The summed E-state index contributed by atoms with van der Waals surface area (Å²) in [4.78, 5) is 36.4. The van der Waals surface area contributed by atoms with E-state index in [9.17, 15) is 39.6 Å². The van der Waals surface area contributed by atoms with Crippen molar-refractivity contribution in [1.82, 2.24) is 25.8 Å². The lowest BCUT2D eigenvalue weighted by molar-refractivity contribution is -0.107. The van der Waals surface area contributed by atoms with Crippen LogP contribution in [-0.4, -0.2) is 171 Å². The molecule has 0 aromatic carbocycles. The number of amides is 2. The third-order valence-corrected chi connectivity index (χ3v) is 13.5. The van der Waals surface area contributed by atoms with Gasteiger partial charge in [-0.25, -0.2) is 34.8 Å². The summed E-state index contributed by atoms with van der Waals surface area (Å²) in [7, 11) is -8.51. The van der Waals surface area contributed by atoms with E-state index >= 15 is 0 Å². The van der Waals surface area contributed by atoms with E-state index in [2.05, 4.69) is 25.8 Å². The van der Waals surface area contributed by atoms with E-state index in [4.69, 9.17) is 15.2 Å². The summed E-state index contributed by atoms with van der Waals surface area (Å²) >= 11 is 0. The zero-order valence-electron chi connectivity index (χ0n) is 34.4. The van der Waals surface area contributed by atoms with Gasteiger partial charge in [0.15, 0.2) is 0 Å². The van der Waals surface area contributed by atoms with Crippen LogP contribution in [0.4, 0.5) is 9.59 Å². The van der Waals surface area contributed by atoms with Crippen molar-refractivity contribution in [2.45, 2.75) is 107 Å². The number of ether oxygens (including phenoxy) is 2. The topological polar surface area (TPSA) is 241 Å². The molecule has 3 fully saturated rings. The van der Waals surface area contributed by atoms with Crippen LogP contribution in [-0.2, 0) is 43.8 Å². The number of nitrogens with zero attached hydrogens (tertiary/aromatic N) is 2. The average Bonchev–Trinajstić information content (AvgIpc) is 3.03. The lowest BCUT2D eigenvalue weighted by Crippen LogP contribution is -2.43. The van der Waals surface area contributed by atoms with Crippen LogP contribution in [0, 0.1) is 0 Å². The SMILES string of the molecule is CC(C)(C)OC(=O)NCC=O.CC(C)(C)OC(=O)NCCN1CCC(S(C)(=O)=O)CC1.CS(=O)(=O)C1CCN(CCN)CC1.CS(=O)(=O)C1CCNCC1.Cl. The van der Waals surface area contributed by atoms with Crippen LogP contribution < -0.4 is 21.7 Å². The van der Waals surface area contributed by atoms with Gasteiger partial charge in [-0.3, -0.25) is 0 Å². The van der Waals surface area contributed by atoms with Gasteiger partial charge in [-0.15, -0.1) is 12.4 Å². The number of nitrogens with two attached hydrogens (primary N) is 1. The monoisotopic (exact) mass is 870 g/mol. The first-order valence-electron chi connectivity index (χ1n) is 18.5. The number of carbonyl (C=O) groups excluding carboxylic acids is 3. The Labute approximate surface area is 337 Å². The predicted molar refractivity (Wildman–Crippen MR) is 220 cm³/mol. The second-order valence-corrected chi connectivity index (χ2v) is 22.8. The van der Waals surface area contributed by atoms with E-state index in [0.29, 0.717) is 32.2 Å². The molecule has 0 bridgehead atoms. The lowest BCUT2D eigenvalue weighted by atomic mass is 10.1. The minimum Gasteiger partial charge on any atom is -0.444 e. The second kappa shape index (κ2) is 26.2. The Morgan fingerprint density at radius 2 is 1.02 bits per heavy atom. The number of piperidine rings is 3. The largest absolute Gasteiger partial charge is 0.444 e. The van der Waals surface area contributed by atoms with Gasteiger partial charge >= 0.3 is 12.2 Å². The predicted octanol–water partition coefficient (Wildman–Crippen LogP) is 1.39. The van der Waals surface area contributed by atoms with E-state index in [1.165, 1.54) is 18.8 Å². The average molecular weight is 872 g/mol. The Bertz CT molecular complexity index is 1430. The van der Waals surface area contributed by atoms with E-state index in [1.807, 2.05) is 20.8 Å². The van der Waals surface area contributed by atoms with Crippen molar-refractivity contribution in [3.8, 4) is 0 Å². The Morgan fingerprint density at radius 1 is 0.673 bits per heavy atom. The van der Waals surface area contributed by atoms with Gasteiger partial charge in [0.2, 0.25) is 0 Å². The number of halogens is 1. The van der Waals surface area contributed by atoms with Crippen LogP contribution in [0.3, 0.4) is 0 Å². The molecule has 3 heterocycles. The standard InChI is InChI=1S/C13H26N2O4S.C8H18N2O2S.C7H13NO3.C6H13NO2S.ClH/c1-13(2,3)19-12(16)14-7-10-15-8-5-11(6-9-15)20(4,17)18;1-13(11,12)8-2-5-10(6-3-8)7-4-9;1-7(2,3)11-6(10)8-4-5-9;1-10(8,9)6-2-4-7-5-3-6;/h11H,5-10H2,1-4H3,(H,14,16);8H,2-7,9H2,1H3;5H,4H2,1-3H3,(H,8,10);6-7H,2-5H2,1H3;1H. The molecule has 21 heteroatoms. The van der Waals surface area contributed by atoms with E-state index in [-0.39, 0.29) is 34.7 Å². The number of hydrogen-bond acceptors (Lipinski definition) is 15. The number of alkyl carbamates (subject to hydrolysis) is 2. The number of sulfone groups is 3. The summed E-state index contributed by atoms with van der Waals surface area (Å²) in [6.45, 7) is 18.5.